The lowest BCUT2D eigenvalue weighted by Gasteiger charge is -2.32. The lowest BCUT2D eigenvalue weighted by molar-refractivity contribution is 0.0195. The van der Waals surface area contributed by atoms with Crippen molar-refractivity contribution in [3.8, 4) is 0 Å². The highest BCUT2D eigenvalue weighted by atomic mass is 16.5. The normalized spacial score (nSPS) is 26.7. The van der Waals surface area contributed by atoms with E-state index >= 15 is 0 Å². The van der Waals surface area contributed by atoms with E-state index in [1.807, 2.05) is 7.05 Å². The van der Waals surface area contributed by atoms with Crippen molar-refractivity contribution in [2.45, 2.75) is 31.7 Å². The summed E-state index contributed by atoms with van der Waals surface area (Å²) >= 11 is 0. The van der Waals surface area contributed by atoms with Gasteiger partial charge >= 0.3 is 0 Å². The predicted molar refractivity (Wildman–Crippen MR) is 91.9 cm³/mol. The summed E-state index contributed by atoms with van der Waals surface area (Å²) < 4.78 is 11.1. The quantitative estimate of drug-likeness (QED) is 0.426. The molecule has 0 spiro atoms. The second-order valence-electron chi connectivity index (χ2n) is 6.88. The van der Waals surface area contributed by atoms with Gasteiger partial charge in [-0.15, -0.1) is 0 Å². The number of rotatable bonds is 7. The van der Waals surface area contributed by atoms with Crippen molar-refractivity contribution >= 4 is 5.96 Å². The fraction of sp³-hybridized carbons (Fsp3) is 0.941. The van der Waals surface area contributed by atoms with Crippen LogP contribution in [0.25, 0.3) is 0 Å². The summed E-state index contributed by atoms with van der Waals surface area (Å²) in [6, 6.07) is 0.652. The van der Waals surface area contributed by atoms with Crippen LogP contribution in [0.15, 0.2) is 4.99 Å². The first-order valence-electron chi connectivity index (χ1n) is 9.22. The van der Waals surface area contributed by atoms with Crippen LogP contribution in [-0.4, -0.2) is 88.0 Å². The van der Waals surface area contributed by atoms with E-state index in [1.54, 1.807) is 0 Å². The molecule has 1 unspecified atom stereocenters. The number of hydrogen-bond acceptors (Lipinski definition) is 4. The zero-order valence-electron chi connectivity index (χ0n) is 14.5. The molecule has 0 bridgehead atoms. The topological polar surface area (TPSA) is 49.3 Å². The van der Waals surface area contributed by atoms with Gasteiger partial charge in [0.1, 0.15) is 0 Å². The van der Waals surface area contributed by atoms with Crippen molar-refractivity contribution in [1.82, 2.24) is 15.1 Å². The Kier molecular flexibility index (Phi) is 6.54. The van der Waals surface area contributed by atoms with Gasteiger partial charge in [-0.05, 0) is 31.6 Å². The zero-order chi connectivity index (χ0) is 15.9. The summed E-state index contributed by atoms with van der Waals surface area (Å²) in [6.07, 6.45) is 5.01. The average molecular weight is 324 g/mol. The van der Waals surface area contributed by atoms with Gasteiger partial charge in [0.2, 0.25) is 0 Å². The van der Waals surface area contributed by atoms with Crippen LogP contribution in [0.3, 0.4) is 0 Å². The maximum absolute atomic E-state index is 5.68. The molecular formula is C17H32N4O2. The molecule has 2 aliphatic heterocycles. The third-order valence-electron chi connectivity index (χ3n) is 5.04. The van der Waals surface area contributed by atoms with E-state index in [2.05, 4.69) is 20.1 Å². The van der Waals surface area contributed by atoms with Crippen molar-refractivity contribution in [3.05, 3.63) is 0 Å². The standard InChI is InChI=1S/C17H32N4O2/c1-18-17(19-6-2-10-23-14-15-3-4-15)21-7-5-16(13-21)20-8-11-22-12-9-20/h15-16H,2-14H2,1H3,(H,18,19). The Labute approximate surface area is 140 Å². The number of nitrogens with zero attached hydrogens (tertiary/aromatic N) is 3. The number of likely N-dealkylation sites (tertiary alicyclic amines) is 1. The van der Waals surface area contributed by atoms with Gasteiger partial charge in [-0.3, -0.25) is 9.89 Å². The van der Waals surface area contributed by atoms with Crippen molar-refractivity contribution in [3.63, 3.8) is 0 Å². The number of hydrogen-bond donors (Lipinski definition) is 1. The Hall–Kier alpha value is -0.850. The lowest BCUT2D eigenvalue weighted by Crippen LogP contribution is -2.46. The molecule has 3 rings (SSSR count). The predicted octanol–water partition coefficient (Wildman–Crippen LogP) is 0.785. The largest absolute Gasteiger partial charge is 0.381 e. The minimum atomic E-state index is 0.652. The molecule has 3 fully saturated rings. The first kappa shape index (κ1) is 17.0. The molecule has 1 N–H and O–H groups in total. The molecule has 0 radical (unpaired) electrons. The zero-order valence-corrected chi connectivity index (χ0v) is 14.5. The van der Waals surface area contributed by atoms with Gasteiger partial charge in [-0.25, -0.2) is 0 Å². The van der Waals surface area contributed by atoms with E-state index in [1.165, 1.54) is 19.3 Å². The molecule has 23 heavy (non-hydrogen) atoms. The molecule has 2 saturated heterocycles. The molecule has 0 aromatic heterocycles. The number of aliphatic imine (C=N–C) groups is 1. The van der Waals surface area contributed by atoms with Crippen LogP contribution >= 0.6 is 0 Å². The van der Waals surface area contributed by atoms with E-state index in [9.17, 15) is 0 Å². The van der Waals surface area contributed by atoms with Gasteiger partial charge in [0.15, 0.2) is 5.96 Å². The second kappa shape index (κ2) is 8.85. The van der Waals surface area contributed by atoms with E-state index < -0.39 is 0 Å². The summed E-state index contributed by atoms with van der Waals surface area (Å²) in [6.45, 7) is 8.84. The highest BCUT2D eigenvalue weighted by Gasteiger charge is 2.30. The van der Waals surface area contributed by atoms with Crippen LogP contribution in [0.5, 0.6) is 0 Å². The SMILES string of the molecule is CN=C(NCCCOCC1CC1)N1CCC(N2CCOCC2)C1. The number of guanidine groups is 1. The van der Waals surface area contributed by atoms with Gasteiger partial charge in [0.25, 0.3) is 0 Å². The summed E-state index contributed by atoms with van der Waals surface area (Å²) in [4.78, 5) is 9.42. The van der Waals surface area contributed by atoms with Crippen LogP contribution in [0.1, 0.15) is 25.7 Å². The average Bonchev–Trinajstić information content (AvgIpc) is 3.29. The number of nitrogens with one attached hydrogen (secondary N) is 1. The van der Waals surface area contributed by atoms with Crippen LogP contribution in [0.2, 0.25) is 0 Å². The first-order valence-corrected chi connectivity index (χ1v) is 9.22. The summed E-state index contributed by atoms with van der Waals surface area (Å²) in [5, 5.41) is 3.49. The summed E-state index contributed by atoms with van der Waals surface area (Å²) in [5.41, 5.74) is 0. The summed E-state index contributed by atoms with van der Waals surface area (Å²) in [5.74, 6) is 1.90. The van der Waals surface area contributed by atoms with Gasteiger partial charge in [-0.2, -0.15) is 0 Å². The van der Waals surface area contributed by atoms with Crippen LogP contribution in [-0.2, 0) is 9.47 Å². The first-order chi connectivity index (χ1) is 11.4. The lowest BCUT2D eigenvalue weighted by atomic mass is 10.2. The molecular weight excluding hydrogens is 292 g/mol. The molecule has 0 amide bonds. The Morgan fingerprint density at radius 1 is 1.22 bits per heavy atom. The molecule has 1 aliphatic carbocycles. The van der Waals surface area contributed by atoms with E-state index in [4.69, 9.17) is 9.47 Å². The smallest absolute Gasteiger partial charge is 0.193 e. The Bertz CT molecular complexity index is 381. The summed E-state index contributed by atoms with van der Waals surface area (Å²) in [7, 11) is 1.88. The van der Waals surface area contributed by atoms with Crippen molar-refractivity contribution in [2.75, 3.05) is 66.2 Å². The minimum absolute atomic E-state index is 0.652. The second-order valence-corrected chi connectivity index (χ2v) is 6.88. The third kappa shape index (κ3) is 5.33. The Morgan fingerprint density at radius 3 is 2.78 bits per heavy atom. The molecule has 2 heterocycles. The van der Waals surface area contributed by atoms with Gasteiger partial charge < -0.3 is 19.7 Å². The number of morpholine rings is 1. The van der Waals surface area contributed by atoms with E-state index in [-0.39, 0.29) is 0 Å². The highest BCUT2D eigenvalue weighted by Crippen LogP contribution is 2.28. The number of ether oxygens (including phenoxy) is 2. The fourth-order valence-electron chi connectivity index (χ4n) is 3.42. The monoisotopic (exact) mass is 324 g/mol. The van der Waals surface area contributed by atoms with E-state index in [0.717, 1.165) is 77.4 Å². The molecule has 3 aliphatic rings. The van der Waals surface area contributed by atoms with Crippen LogP contribution in [0, 0.1) is 5.92 Å². The van der Waals surface area contributed by atoms with Gasteiger partial charge in [0.05, 0.1) is 13.2 Å². The van der Waals surface area contributed by atoms with Crippen molar-refractivity contribution < 1.29 is 9.47 Å². The molecule has 0 aromatic carbocycles. The molecule has 1 saturated carbocycles. The minimum Gasteiger partial charge on any atom is -0.381 e. The van der Waals surface area contributed by atoms with Crippen LogP contribution < -0.4 is 5.32 Å². The Morgan fingerprint density at radius 2 is 2.04 bits per heavy atom. The van der Waals surface area contributed by atoms with Crippen LogP contribution in [0.4, 0.5) is 0 Å². The highest BCUT2D eigenvalue weighted by molar-refractivity contribution is 5.80. The van der Waals surface area contributed by atoms with Crippen molar-refractivity contribution in [2.24, 2.45) is 10.9 Å². The maximum atomic E-state index is 5.68. The van der Waals surface area contributed by atoms with Gasteiger partial charge in [-0.1, -0.05) is 0 Å². The Balaban J connectivity index is 1.31. The molecule has 6 heteroatoms. The van der Waals surface area contributed by atoms with Crippen molar-refractivity contribution in [1.29, 1.82) is 0 Å². The van der Waals surface area contributed by atoms with Gasteiger partial charge in [0, 0.05) is 59.0 Å². The maximum Gasteiger partial charge on any atom is 0.193 e. The molecule has 132 valence electrons. The molecule has 0 aromatic rings. The van der Waals surface area contributed by atoms with E-state index in [0.29, 0.717) is 6.04 Å². The molecule has 1 atom stereocenters. The molecule has 6 nitrogen and oxygen atoms in total. The third-order valence-corrected chi connectivity index (χ3v) is 5.04. The fourth-order valence-corrected chi connectivity index (χ4v) is 3.42.